The van der Waals surface area contributed by atoms with Crippen molar-refractivity contribution in [3.05, 3.63) is 22.3 Å². The van der Waals surface area contributed by atoms with Crippen LogP contribution in [0.3, 0.4) is 0 Å². The maximum atomic E-state index is 4.29. The second-order valence-electron chi connectivity index (χ2n) is 3.32. The highest BCUT2D eigenvalue weighted by molar-refractivity contribution is 9.10. The third kappa shape index (κ3) is 3.50. The number of aryl methyl sites for hydroxylation is 1. The molecule has 0 bridgehead atoms. The van der Waals surface area contributed by atoms with Gasteiger partial charge >= 0.3 is 0 Å². The molecule has 1 rings (SSSR count). The van der Waals surface area contributed by atoms with Crippen molar-refractivity contribution in [3.8, 4) is 0 Å². The minimum Gasteiger partial charge on any atom is -0.367 e. The number of rotatable bonds is 4. The molecule has 0 fully saturated rings. The van der Waals surface area contributed by atoms with Gasteiger partial charge in [0, 0.05) is 22.5 Å². The van der Waals surface area contributed by atoms with Crippen LogP contribution in [0.15, 0.2) is 16.7 Å². The van der Waals surface area contributed by atoms with Crippen LogP contribution in [0.25, 0.3) is 0 Å². The van der Waals surface area contributed by atoms with Gasteiger partial charge in [-0.25, -0.2) is 4.98 Å². The van der Waals surface area contributed by atoms with Gasteiger partial charge in [0.15, 0.2) is 0 Å². The van der Waals surface area contributed by atoms with Crippen LogP contribution in [-0.2, 0) is 0 Å². The summed E-state index contributed by atoms with van der Waals surface area (Å²) in [7, 11) is 0. The van der Waals surface area contributed by atoms with Crippen LogP contribution in [0.2, 0.25) is 0 Å². The van der Waals surface area contributed by atoms with Crippen molar-refractivity contribution in [1.29, 1.82) is 0 Å². The molecule has 0 radical (unpaired) electrons. The van der Waals surface area contributed by atoms with Gasteiger partial charge in [0.1, 0.15) is 5.82 Å². The molecule has 1 atom stereocenters. The van der Waals surface area contributed by atoms with Gasteiger partial charge in [-0.1, -0.05) is 0 Å². The van der Waals surface area contributed by atoms with Crippen LogP contribution in [-0.4, -0.2) is 23.0 Å². The molecular formula is C10H15BrN2S. The fourth-order valence-corrected chi connectivity index (χ4v) is 1.96. The molecule has 1 N–H and O–H groups in total. The molecule has 14 heavy (non-hydrogen) atoms. The molecule has 0 saturated carbocycles. The summed E-state index contributed by atoms with van der Waals surface area (Å²) in [5, 5.41) is 3.36. The molecule has 4 heteroatoms. The Morgan fingerprint density at radius 1 is 1.64 bits per heavy atom. The van der Waals surface area contributed by atoms with Crippen molar-refractivity contribution in [3.63, 3.8) is 0 Å². The molecule has 1 unspecified atom stereocenters. The number of halogens is 1. The molecule has 0 aliphatic carbocycles. The molecule has 0 aromatic carbocycles. The molecule has 0 spiro atoms. The molecular weight excluding hydrogens is 260 g/mol. The smallest absolute Gasteiger partial charge is 0.126 e. The van der Waals surface area contributed by atoms with E-state index in [1.165, 1.54) is 5.56 Å². The SMILES string of the molecule is CSCC(C)Nc1cc(C)c(Br)cn1. The lowest BCUT2D eigenvalue weighted by Gasteiger charge is -2.13. The highest BCUT2D eigenvalue weighted by Crippen LogP contribution is 2.17. The van der Waals surface area contributed by atoms with E-state index in [2.05, 4.69) is 52.4 Å². The average molecular weight is 275 g/mol. The second-order valence-corrected chi connectivity index (χ2v) is 5.08. The molecule has 2 nitrogen and oxygen atoms in total. The molecule has 78 valence electrons. The van der Waals surface area contributed by atoms with Crippen molar-refractivity contribution in [2.45, 2.75) is 19.9 Å². The second kappa shape index (κ2) is 5.61. The Hall–Kier alpha value is -0.220. The van der Waals surface area contributed by atoms with Crippen LogP contribution in [0.4, 0.5) is 5.82 Å². The Balaban J connectivity index is 2.63. The zero-order valence-corrected chi connectivity index (χ0v) is 11.1. The Kier molecular flexibility index (Phi) is 4.75. The van der Waals surface area contributed by atoms with Crippen molar-refractivity contribution in [2.24, 2.45) is 0 Å². The van der Waals surface area contributed by atoms with E-state index in [1.807, 2.05) is 18.0 Å². The van der Waals surface area contributed by atoms with E-state index in [9.17, 15) is 0 Å². The van der Waals surface area contributed by atoms with Crippen LogP contribution in [0.1, 0.15) is 12.5 Å². The van der Waals surface area contributed by atoms with Gasteiger partial charge in [0.2, 0.25) is 0 Å². The topological polar surface area (TPSA) is 24.9 Å². The molecule has 0 saturated heterocycles. The van der Waals surface area contributed by atoms with Crippen molar-refractivity contribution >= 4 is 33.5 Å². The first kappa shape index (κ1) is 11.9. The first-order valence-corrected chi connectivity index (χ1v) is 6.69. The number of hydrogen-bond acceptors (Lipinski definition) is 3. The van der Waals surface area contributed by atoms with Gasteiger partial charge in [0.05, 0.1) is 0 Å². The number of thioether (sulfide) groups is 1. The minimum atomic E-state index is 0.457. The number of hydrogen-bond donors (Lipinski definition) is 1. The quantitative estimate of drug-likeness (QED) is 0.912. The fraction of sp³-hybridized carbons (Fsp3) is 0.500. The van der Waals surface area contributed by atoms with E-state index in [0.717, 1.165) is 16.0 Å². The molecule has 1 aromatic heterocycles. The number of aromatic nitrogens is 1. The molecule has 1 aromatic rings. The van der Waals surface area contributed by atoms with E-state index in [1.54, 1.807) is 0 Å². The van der Waals surface area contributed by atoms with Gasteiger partial charge in [-0.15, -0.1) is 0 Å². The van der Waals surface area contributed by atoms with Gasteiger partial charge in [0.25, 0.3) is 0 Å². The summed E-state index contributed by atoms with van der Waals surface area (Å²) < 4.78 is 1.06. The van der Waals surface area contributed by atoms with Crippen molar-refractivity contribution in [1.82, 2.24) is 4.98 Å². The highest BCUT2D eigenvalue weighted by atomic mass is 79.9. The van der Waals surface area contributed by atoms with E-state index in [0.29, 0.717) is 6.04 Å². The summed E-state index contributed by atoms with van der Waals surface area (Å²) in [5.41, 5.74) is 1.21. The number of nitrogens with zero attached hydrogens (tertiary/aromatic N) is 1. The number of nitrogens with one attached hydrogen (secondary N) is 1. The summed E-state index contributed by atoms with van der Waals surface area (Å²) in [6.45, 7) is 4.23. The lowest BCUT2D eigenvalue weighted by Crippen LogP contribution is -2.18. The number of anilines is 1. The van der Waals surface area contributed by atoms with E-state index < -0.39 is 0 Å². The summed E-state index contributed by atoms with van der Waals surface area (Å²) in [6.07, 6.45) is 3.95. The highest BCUT2D eigenvalue weighted by Gasteiger charge is 2.03. The van der Waals surface area contributed by atoms with E-state index in [4.69, 9.17) is 0 Å². The summed E-state index contributed by atoms with van der Waals surface area (Å²) in [4.78, 5) is 4.29. The van der Waals surface area contributed by atoms with Crippen LogP contribution >= 0.6 is 27.7 Å². The third-order valence-corrected chi connectivity index (χ3v) is 3.52. The van der Waals surface area contributed by atoms with Crippen molar-refractivity contribution in [2.75, 3.05) is 17.3 Å². The largest absolute Gasteiger partial charge is 0.367 e. The number of pyridine rings is 1. The Bertz CT molecular complexity index is 304. The Morgan fingerprint density at radius 3 is 2.93 bits per heavy atom. The van der Waals surface area contributed by atoms with E-state index in [-0.39, 0.29) is 0 Å². The molecule has 0 aliphatic heterocycles. The normalized spacial score (nSPS) is 12.6. The lowest BCUT2D eigenvalue weighted by atomic mass is 10.3. The fourth-order valence-electron chi connectivity index (χ4n) is 1.16. The van der Waals surface area contributed by atoms with E-state index >= 15 is 0 Å². The predicted molar refractivity (Wildman–Crippen MR) is 68.1 cm³/mol. The molecule has 0 aliphatic rings. The molecule has 1 heterocycles. The Morgan fingerprint density at radius 2 is 2.36 bits per heavy atom. The lowest BCUT2D eigenvalue weighted by molar-refractivity contribution is 0.902. The summed E-state index contributed by atoms with van der Waals surface area (Å²) in [5.74, 6) is 2.05. The monoisotopic (exact) mass is 274 g/mol. The first-order chi connectivity index (χ1) is 6.63. The van der Waals surface area contributed by atoms with Crippen LogP contribution < -0.4 is 5.32 Å². The summed E-state index contributed by atoms with van der Waals surface area (Å²) >= 11 is 5.27. The predicted octanol–water partition coefficient (Wildman–Crippen LogP) is 3.32. The minimum absolute atomic E-state index is 0.457. The molecule has 0 amide bonds. The van der Waals surface area contributed by atoms with Crippen LogP contribution in [0, 0.1) is 6.92 Å². The zero-order chi connectivity index (χ0) is 10.6. The van der Waals surface area contributed by atoms with Gasteiger partial charge in [-0.05, 0) is 47.7 Å². The maximum Gasteiger partial charge on any atom is 0.126 e. The average Bonchev–Trinajstić information content (AvgIpc) is 2.12. The van der Waals surface area contributed by atoms with Gasteiger partial charge in [-0.3, -0.25) is 0 Å². The van der Waals surface area contributed by atoms with Gasteiger partial charge < -0.3 is 5.32 Å². The summed E-state index contributed by atoms with van der Waals surface area (Å²) in [6, 6.07) is 2.51. The third-order valence-electron chi connectivity index (χ3n) is 1.86. The maximum absolute atomic E-state index is 4.29. The Labute approximate surface area is 98.0 Å². The van der Waals surface area contributed by atoms with Gasteiger partial charge in [-0.2, -0.15) is 11.8 Å². The first-order valence-electron chi connectivity index (χ1n) is 4.51. The van der Waals surface area contributed by atoms with Crippen molar-refractivity contribution < 1.29 is 0 Å². The standard InChI is InChI=1S/C10H15BrN2S/c1-7-4-10(12-5-9(7)11)13-8(2)6-14-3/h4-5,8H,6H2,1-3H3,(H,12,13). The zero-order valence-electron chi connectivity index (χ0n) is 8.67. The van der Waals surface area contributed by atoms with Crippen LogP contribution in [0.5, 0.6) is 0 Å².